The molecule has 3 rings (SSSR count). The van der Waals surface area contributed by atoms with Gasteiger partial charge in [0.2, 0.25) is 5.69 Å². The first-order valence-corrected chi connectivity index (χ1v) is 8.70. The van der Waals surface area contributed by atoms with Crippen molar-refractivity contribution in [2.45, 2.75) is 44.9 Å². The molecule has 0 N–H and O–H groups in total. The van der Waals surface area contributed by atoms with Crippen LogP contribution in [0.1, 0.15) is 61.0 Å². The van der Waals surface area contributed by atoms with Crippen molar-refractivity contribution in [1.29, 1.82) is 0 Å². The van der Waals surface area contributed by atoms with E-state index in [9.17, 15) is 10.0 Å². The molecule has 0 spiro atoms. The van der Waals surface area contributed by atoms with Crippen LogP contribution in [0.4, 0.5) is 0 Å². The van der Waals surface area contributed by atoms with E-state index >= 15 is 0 Å². The van der Waals surface area contributed by atoms with Crippen molar-refractivity contribution in [3.63, 3.8) is 0 Å². The summed E-state index contributed by atoms with van der Waals surface area (Å²) in [6.07, 6.45) is 5.84. The number of pyridine rings is 1. The summed E-state index contributed by atoms with van der Waals surface area (Å²) < 4.78 is 6.05. The fourth-order valence-electron chi connectivity index (χ4n) is 3.42. The molecule has 1 aromatic heterocycles. The molecule has 1 aliphatic carbocycles. The molecule has 4 nitrogen and oxygen atoms in total. The van der Waals surface area contributed by atoms with Crippen molar-refractivity contribution in [1.82, 2.24) is 0 Å². The highest BCUT2D eigenvalue weighted by atomic mass is 16.5. The highest BCUT2D eigenvalue weighted by Crippen LogP contribution is 2.31. The highest BCUT2D eigenvalue weighted by molar-refractivity contribution is 5.89. The van der Waals surface area contributed by atoms with Crippen LogP contribution in [0, 0.1) is 5.21 Å². The number of hydrogen-bond donors (Lipinski definition) is 0. The van der Waals surface area contributed by atoms with Crippen LogP contribution in [0.2, 0.25) is 0 Å². The number of aromatic nitrogens is 1. The van der Waals surface area contributed by atoms with Gasteiger partial charge < -0.3 is 9.94 Å². The van der Waals surface area contributed by atoms with Crippen LogP contribution in [-0.2, 0) is 4.74 Å². The monoisotopic (exact) mass is 325 g/mol. The van der Waals surface area contributed by atoms with Gasteiger partial charge in [-0.15, -0.1) is 0 Å². The molecule has 0 bridgehead atoms. The topological polar surface area (TPSA) is 53.2 Å². The second-order valence-corrected chi connectivity index (χ2v) is 6.26. The Bertz CT molecular complexity index is 703. The molecule has 0 radical (unpaired) electrons. The quantitative estimate of drug-likeness (QED) is 0.480. The zero-order chi connectivity index (χ0) is 16.9. The molecular formula is C20H23NO3. The summed E-state index contributed by atoms with van der Waals surface area (Å²) in [7, 11) is 0. The van der Waals surface area contributed by atoms with Crippen LogP contribution < -0.4 is 4.73 Å². The number of rotatable bonds is 4. The molecule has 126 valence electrons. The largest absolute Gasteiger partial charge is 0.618 e. The average Bonchev–Trinajstić information content (AvgIpc) is 2.63. The van der Waals surface area contributed by atoms with Crippen LogP contribution in [-0.4, -0.2) is 12.6 Å². The molecule has 1 aromatic carbocycles. The van der Waals surface area contributed by atoms with E-state index in [2.05, 4.69) is 0 Å². The number of esters is 1. The van der Waals surface area contributed by atoms with E-state index < -0.39 is 0 Å². The van der Waals surface area contributed by atoms with E-state index in [1.807, 2.05) is 18.2 Å². The molecular weight excluding hydrogens is 302 g/mol. The molecule has 0 unspecified atom stereocenters. The van der Waals surface area contributed by atoms with Crippen LogP contribution >= 0.6 is 0 Å². The lowest BCUT2D eigenvalue weighted by molar-refractivity contribution is -0.604. The Labute approximate surface area is 142 Å². The van der Waals surface area contributed by atoms with Gasteiger partial charge in [0.1, 0.15) is 0 Å². The Hall–Kier alpha value is -2.36. The second-order valence-electron chi connectivity index (χ2n) is 6.26. The minimum atomic E-state index is -0.338. The first-order valence-electron chi connectivity index (χ1n) is 8.70. The van der Waals surface area contributed by atoms with Gasteiger partial charge in [-0.2, -0.15) is 4.73 Å². The molecule has 0 amide bonds. The van der Waals surface area contributed by atoms with Crippen molar-refractivity contribution >= 4 is 5.97 Å². The molecule has 4 heteroatoms. The predicted octanol–water partition coefficient (Wildman–Crippen LogP) is 4.21. The Morgan fingerprint density at radius 1 is 1.12 bits per heavy atom. The Morgan fingerprint density at radius 3 is 2.50 bits per heavy atom. The van der Waals surface area contributed by atoms with E-state index in [1.54, 1.807) is 31.2 Å². The van der Waals surface area contributed by atoms with E-state index in [4.69, 9.17) is 4.74 Å². The lowest BCUT2D eigenvalue weighted by Crippen LogP contribution is -2.36. The third kappa shape index (κ3) is 3.42. The lowest BCUT2D eigenvalue weighted by atomic mass is 9.86. The van der Waals surface area contributed by atoms with Crippen LogP contribution in [0.25, 0.3) is 11.3 Å². The highest BCUT2D eigenvalue weighted by Gasteiger charge is 2.24. The summed E-state index contributed by atoms with van der Waals surface area (Å²) in [4.78, 5) is 11.7. The Balaban J connectivity index is 1.88. The molecule has 1 aliphatic rings. The van der Waals surface area contributed by atoms with Crippen molar-refractivity contribution < 1.29 is 14.3 Å². The van der Waals surface area contributed by atoms with Crippen molar-refractivity contribution in [2.75, 3.05) is 6.61 Å². The number of carbonyl (C=O) groups excluding carboxylic acids is 1. The lowest BCUT2D eigenvalue weighted by Gasteiger charge is -2.21. The minimum absolute atomic E-state index is 0.338. The summed E-state index contributed by atoms with van der Waals surface area (Å²) in [5.41, 5.74) is 2.81. The van der Waals surface area contributed by atoms with Gasteiger partial charge in [-0.25, -0.2) is 4.79 Å². The smallest absolute Gasteiger partial charge is 0.338 e. The molecule has 1 heterocycles. The molecule has 0 aliphatic heterocycles. The predicted molar refractivity (Wildman–Crippen MR) is 92.6 cm³/mol. The van der Waals surface area contributed by atoms with Gasteiger partial charge in [0.25, 0.3) is 0 Å². The van der Waals surface area contributed by atoms with Crippen LogP contribution in [0.3, 0.4) is 0 Å². The second kappa shape index (κ2) is 7.47. The van der Waals surface area contributed by atoms with E-state index in [1.165, 1.54) is 19.3 Å². The Kier molecular flexibility index (Phi) is 5.14. The van der Waals surface area contributed by atoms with Gasteiger partial charge in [-0.05, 0) is 50.1 Å². The van der Waals surface area contributed by atoms with E-state index in [-0.39, 0.29) is 5.97 Å². The molecule has 24 heavy (non-hydrogen) atoms. The average molecular weight is 325 g/mol. The third-order valence-corrected chi connectivity index (χ3v) is 4.69. The molecule has 0 saturated heterocycles. The van der Waals surface area contributed by atoms with Gasteiger partial charge in [0.15, 0.2) is 5.69 Å². The first kappa shape index (κ1) is 16.5. The van der Waals surface area contributed by atoms with Gasteiger partial charge in [-0.3, -0.25) is 0 Å². The van der Waals surface area contributed by atoms with Gasteiger partial charge in [-0.1, -0.05) is 19.3 Å². The zero-order valence-corrected chi connectivity index (χ0v) is 14.0. The van der Waals surface area contributed by atoms with Crippen molar-refractivity contribution in [2.24, 2.45) is 0 Å². The Morgan fingerprint density at radius 2 is 1.83 bits per heavy atom. The van der Waals surface area contributed by atoms with E-state index in [0.717, 1.165) is 28.8 Å². The number of hydrogen-bond acceptors (Lipinski definition) is 3. The summed E-state index contributed by atoms with van der Waals surface area (Å²) in [6, 6.07) is 12.8. The first-order chi connectivity index (χ1) is 11.7. The number of benzene rings is 1. The summed E-state index contributed by atoms with van der Waals surface area (Å²) in [5, 5.41) is 12.8. The maximum absolute atomic E-state index is 12.8. The zero-order valence-electron chi connectivity index (χ0n) is 14.0. The van der Waals surface area contributed by atoms with Crippen molar-refractivity contribution in [3.05, 3.63) is 58.9 Å². The van der Waals surface area contributed by atoms with Gasteiger partial charge in [0, 0.05) is 23.6 Å². The molecule has 2 aromatic rings. The number of nitrogens with zero attached hydrogens (tertiary/aromatic N) is 1. The SMILES string of the molecule is CCOC(=O)c1ccc(-c2cccc(C3CCCCC3)[n+]2[O-])cc1. The van der Waals surface area contributed by atoms with Gasteiger partial charge >= 0.3 is 5.97 Å². The molecule has 1 saturated carbocycles. The fourth-order valence-corrected chi connectivity index (χ4v) is 3.42. The minimum Gasteiger partial charge on any atom is -0.618 e. The van der Waals surface area contributed by atoms with Gasteiger partial charge in [0.05, 0.1) is 12.2 Å². The van der Waals surface area contributed by atoms with Crippen LogP contribution in [0.15, 0.2) is 42.5 Å². The number of ether oxygens (including phenoxy) is 1. The summed E-state index contributed by atoms with van der Waals surface area (Å²) in [6.45, 7) is 2.13. The molecule has 1 fully saturated rings. The number of carbonyl (C=O) groups is 1. The maximum Gasteiger partial charge on any atom is 0.338 e. The standard InChI is InChI=1S/C20H23NO3/c1-2-24-20(22)17-13-11-16(12-14-17)19-10-6-9-18(21(19)23)15-7-4-3-5-8-15/h6,9-15H,2-5,7-8H2,1H3. The molecule has 0 atom stereocenters. The van der Waals surface area contributed by atoms with E-state index in [0.29, 0.717) is 23.8 Å². The third-order valence-electron chi connectivity index (χ3n) is 4.69. The fraction of sp³-hybridized carbons (Fsp3) is 0.400. The maximum atomic E-state index is 12.8. The summed E-state index contributed by atoms with van der Waals surface area (Å²) in [5.74, 6) is 0.0185. The van der Waals surface area contributed by atoms with Crippen molar-refractivity contribution in [3.8, 4) is 11.3 Å². The summed E-state index contributed by atoms with van der Waals surface area (Å²) >= 11 is 0. The normalized spacial score (nSPS) is 15.2. The van der Waals surface area contributed by atoms with Crippen LogP contribution in [0.5, 0.6) is 0 Å².